The monoisotopic (exact) mass is 267 g/mol. The predicted octanol–water partition coefficient (Wildman–Crippen LogP) is 2.94. The summed E-state index contributed by atoms with van der Waals surface area (Å²) in [6.07, 6.45) is 0.791. The molecule has 0 radical (unpaired) electrons. The van der Waals surface area contributed by atoms with Gasteiger partial charge in [-0.1, -0.05) is 22.9 Å². The van der Waals surface area contributed by atoms with E-state index < -0.39 is 6.10 Å². The van der Waals surface area contributed by atoms with Crippen LogP contribution in [-0.2, 0) is 0 Å². The van der Waals surface area contributed by atoms with Crippen molar-refractivity contribution in [3.8, 4) is 11.8 Å². The largest absolute Gasteiger partial charge is 0.475 e. The van der Waals surface area contributed by atoms with Gasteiger partial charge in [0.25, 0.3) is 0 Å². The molecule has 0 fully saturated rings. The van der Waals surface area contributed by atoms with Gasteiger partial charge >= 0.3 is 0 Å². The Bertz CT molecular complexity index is 398. The first-order chi connectivity index (χ1) is 7.21. The fourth-order valence-corrected chi connectivity index (χ4v) is 1.45. The lowest BCUT2D eigenvalue weighted by molar-refractivity contribution is 0.111. The Morgan fingerprint density at radius 1 is 1.67 bits per heavy atom. The van der Waals surface area contributed by atoms with Crippen molar-refractivity contribution in [2.75, 3.05) is 0 Å². The van der Waals surface area contributed by atoms with Gasteiger partial charge in [-0.15, -0.1) is 0 Å². The number of ether oxygens (including phenoxy) is 1. The molecular formula is C11H10BrNO2. The Kier molecular flexibility index (Phi) is 4.32. The highest BCUT2D eigenvalue weighted by molar-refractivity contribution is 9.10. The molecule has 3 nitrogen and oxygen atoms in total. The van der Waals surface area contributed by atoms with Gasteiger partial charge in [-0.2, -0.15) is 5.26 Å². The predicted molar refractivity (Wildman–Crippen MR) is 59.8 cm³/mol. The number of rotatable bonds is 4. The molecule has 78 valence electrons. The molecule has 0 aliphatic carbocycles. The van der Waals surface area contributed by atoms with Crippen LogP contribution >= 0.6 is 15.9 Å². The summed E-state index contributed by atoms with van der Waals surface area (Å²) < 4.78 is 6.18. The molecule has 0 aromatic heterocycles. The fraction of sp³-hybridized carbons (Fsp3) is 0.273. The molecule has 0 aliphatic heterocycles. The van der Waals surface area contributed by atoms with Gasteiger partial charge in [-0.25, -0.2) is 0 Å². The minimum absolute atomic E-state index is 0.443. The Balaban J connectivity index is 2.94. The maximum Gasteiger partial charge on any atom is 0.184 e. The molecule has 1 unspecified atom stereocenters. The summed E-state index contributed by atoms with van der Waals surface area (Å²) >= 11 is 3.26. The van der Waals surface area contributed by atoms with Crippen LogP contribution in [0.3, 0.4) is 0 Å². The summed E-state index contributed by atoms with van der Waals surface area (Å²) in [7, 11) is 0. The first kappa shape index (κ1) is 11.7. The zero-order valence-corrected chi connectivity index (χ0v) is 9.82. The van der Waals surface area contributed by atoms with Gasteiger partial charge < -0.3 is 4.74 Å². The van der Waals surface area contributed by atoms with Crippen LogP contribution in [0.5, 0.6) is 5.75 Å². The number of carbonyl (C=O) groups is 1. The van der Waals surface area contributed by atoms with Crippen LogP contribution in [0.2, 0.25) is 0 Å². The first-order valence-electron chi connectivity index (χ1n) is 4.52. The summed E-state index contributed by atoms with van der Waals surface area (Å²) in [5.74, 6) is 0.446. The molecule has 0 saturated carbocycles. The van der Waals surface area contributed by atoms with Crippen molar-refractivity contribution in [3.05, 3.63) is 28.2 Å². The van der Waals surface area contributed by atoms with Crippen LogP contribution in [0.25, 0.3) is 0 Å². The zero-order chi connectivity index (χ0) is 11.3. The second-order valence-electron chi connectivity index (χ2n) is 2.94. The van der Waals surface area contributed by atoms with Gasteiger partial charge in [0.1, 0.15) is 11.8 Å². The number of aldehydes is 1. The van der Waals surface area contributed by atoms with E-state index >= 15 is 0 Å². The van der Waals surface area contributed by atoms with Crippen LogP contribution in [0, 0.1) is 11.3 Å². The van der Waals surface area contributed by atoms with Crippen molar-refractivity contribution >= 4 is 22.2 Å². The number of hydrogen-bond acceptors (Lipinski definition) is 3. The third kappa shape index (κ3) is 3.07. The van der Waals surface area contributed by atoms with Crippen LogP contribution in [0.1, 0.15) is 23.7 Å². The molecule has 0 spiro atoms. The molecule has 0 heterocycles. The van der Waals surface area contributed by atoms with Crippen LogP contribution in [0.4, 0.5) is 0 Å². The van der Waals surface area contributed by atoms with Gasteiger partial charge in [-0.05, 0) is 24.6 Å². The summed E-state index contributed by atoms with van der Waals surface area (Å²) in [5.41, 5.74) is 0.443. The smallest absolute Gasteiger partial charge is 0.184 e. The van der Waals surface area contributed by atoms with Gasteiger partial charge in [0, 0.05) is 4.47 Å². The summed E-state index contributed by atoms with van der Waals surface area (Å²) in [6.45, 7) is 1.85. The van der Waals surface area contributed by atoms with E-state index in [0.29, 0.717) is 24.0 Å². The van der Waals surface area contributed by atoms with Gasteiger partial charge in [0.05, 0.1) is 5.56 Å². The van der Waals surface area contributed by atoms with Gasteiger partial charge in [0.15, 0.2) is 12.4 Å². The Morgan fingerprint density at radius 3 is 2.93 bits per heavy atom. The van der Waals surface area contributed by atoms with Crippen LogP contribution in [-0.4, -0.2) is 12.4 Å². The van der Waals surface area contributed by atoms with Crippen LogP contribution < -0.4 is 4.74 Å². The molecule has 1 aromatic carbocycles. The van der Waals surface area contributed by atoms with E-state index in [1.54, 1.807) is 18.2 Å². The molecule has 15 heavy (non-hydrogen) atoms. The quantitative estimate of drug-likeness (QED) is 0.789. The lowest BCUT2D eigenvalue weighted by Gasteiger charge is -2.11. The molecule has 1 aromatic rings. The maximum atomic E-state index is 10.8. The summed E-state index contributed by atoms with van der Waals surface area (Å²) in [4.78, 5) is 10.8. The highest BCUT2D eigenvalue weighted by atomic mass is 79.9. The van der Waals surface area contributed by atoms with E-state index in [2.05, 4.69) is 15.9 Å². The van der Waals surface area contributed by atoms with Crippen LogP contribution in [0.15, 0.2) is 22.7 Å². The standard InChI is InChI=1S/C11H10BrNO2/c1-2-10(6-13)15-11-4-3-9(12)5-8(11)7-14/h3-5,7,10H,2H2,1H3. The molecule has 0 bridgehead atoms. The number of nitrogens with zero attached hydrogens (tertiary/aromatic N) is 1. The minimum atomic E-state index is -0.509. The van der Waals surface area contributed by atoms with E-state index in [1.807, 2.05) is 13.0 Å². The topological polar surface area (TPSA) is 50.1 Å². The van der Waals surface area contributed by atoms with Crippen molar-refractivity contribution in [1.29, 1.82) is 5.26 Å². The van der Waals surface area contributed by atoms with E-state index in [-0.39, 0.29) is 0 Å². The molecule has 0 aliphatic rings. The zero-order valence-electron chi connectivity index (χ0n) is 8.24. The lowest BCUT2D eigenvalue weighted by Crippen LogP contribution is -2.13. The number of benzene rings is 1. The van der Waals surface area contributed by atoms with Crippen molar-refractivity contribution < 1.29 is 9.53 Å². The minimum Gasteiger partial charge on any atom is -0.475 e. The number of hydrogen-bond donors (Lipinski definition) is 0. The summed E-state index contributed by atoms with van der Waals surface area (Å²) in [6, 6.07) is 7.12. The molecular weight excluding hydrogens is 258 g/mol. The SMILES string of the molecule is CCC(C#N)Oc1ccc(Br)cc1C=O. The van der Waals surface area contributed by atoms with E-state index in [1.165, 1.54) is 0 Å². The number of nitriles is 1. The average Bonchev–Trinajstić information content (AvgIpc) is 2.27. The molecule has 1 rings (SSSR count). The second kappa shape index (κ2) is 5.52. The highest BCUT2D eigenvalue weighted by Gasteiger charge is 2.09. The highest BCUT2D eigenvalue weighted by Crippen LogP contribution is 2.23. The van der Waals surface area contributed by atoms with E-state index in [4.69, 9.17) is 10.00 Å². The third-order valence-corrected chi connectivity index (χ3v) is 2.38. The van der Waals surface area contributed by atoms with Crippen molar-refractivity contribution in [2.45, 2.75) is 19.4 Å². The third-order valence-electron chi connectivity index (χ3n) is 1.88. The number of halogens is 1. The Morgan fingerprint density at radius 2 is 2.40 bits per heavy atom. The normalized spacial score (nSPS) is 11.5. The van der Waals surface area contributed by atoms with Gasteiger partial charge in [0.2, 0.25) is 0 Å². The maximum absolute atomic E-state index is 10.8. The molecule has 0 amide bonds. The fourth-order valence-electron chi connectivity index (χ4n) is 1.07. The molecule has 0 N–H and O–H groups in total. The average molecular weight is 268 g/mol. The lowest BCUT2D eigenvalue weighted by atomic mass is 10.2. The Hall–Kier alpha value is -1.34. The molecule has 1 atom stereocenters. The van der Waals surface area contributed by atoms with Crippen molar-refractivity contribution in [1.82, 2.24) is 0 Å². The Labute approximate surface area is 96.8 Å². The number of carbonyl (C=O) groups excluding carboxylic acids is 1. The second-order valence-corrected chi connectivity index (χ2v) is 3.86. The molecule has 4 heteroatoms. The summed E-state index contributed by atoms with van der Waals surface area (Å²) in [5, 5.41) is 8.73. The van der Waals surface area contributed by atoms with Gasteiger partial charge in [-0.3, -0.25) is 4.79 Å². The van der Waals surface area contributed by atoms with E-state index in [9.17, 15) is 4.79 Å². The van der Waals surface area contributed by atoms with Crippen molar-refractivity contribution in [2.24, 2.45) is 0 Å². The first-order valence-corrected chi connectivity index (χ1v) is 5.31. The van der Waals surface area contributed by atoms with Crippen molar-refractivity contribution in [3.63, 3.8) is 0 Å². The van der Waals surface area contributed by atoms with E-state index in [0.717, 1.165) is 4.47 Å². The molecule has 0 saturated heterocycles.